The van der Waals surface area contributed by atoms with Gasteiger partial charge in [-0.25, -0.2) is 4.98 Å². The van der Waals surface area contributed by atoms with Crippen LogP contribution >= 0.6 is 27.3 Å². The van der Waals surface area contributed by atoms with Gasteiger partial charge in [0.2, 0.25) is 0 Å². The highest BCUT2D eigenvalue weighted by Crippen LogP contribution is 2.37. The molecule has 0 aliphatic carbocycles. The van der Waals surface area contributed by atoms with Gasteiger partial charge < -0.3 is 9.52 Å². The quantitative estimate of drug-likeness (QED) is 0.743. The van der Waals surface area contributed by atoms with E-state index in [2.05, 4.69) is 20.9 Å². The van der Waals surface area contributed by atoms with E-state index in [4.69, 9.17) is 9.52 Å². The highest BCUT2D eigenvalue weighted by atomic mass is 79.9. The molecular formula is C15H10BrNO3S. The van der Waals surface area contributed by atoms with E-state index in [1.807, 2.05) is 30.3 Å². The lowest BCUT2D eigenvalue weighted by Gasteiger charge is -1.99. The summed E-state index contributed by atoms with van der Waals surface area (Å²) >= 11 is 4.74. The van der Waals surface area contributed by atoms with Crippen molar-refractivity contribution in [3.63, 3.8) is 0 Å². The summed E-state index contributed by atoms with van der Waals surface area (Å²) in [5.41, 5.74) is 1.60. The minimum absolute atomic E-state index is 0.0553. The zero-order valence-electron chi connectivity index (χ0n) is 10.7. The maximum Gasteiger partial charge on any atom is 0.308 e. The number of aliphatic carboxylic acids is 1. The lowest BCUT2D eigenvalue weighted by atomic mass is 10.1. The van der Waals surface area contributed by atoms with Gasteiger partial charge in [-0.15, -0.1) is 11.3 Å². The minimum Gasteiger partial charge on any atom is -0.481 e. The molecule has 0 amide bonds. The van der Waals surface area contributed by atoms with Crippen molar-refractivity contribution in [1.29, 1.82) is 0 Å². The summed E-state index contributed by atoms with van der Waals surface area (Å²) in [6.07, 6.45) is 1.51. The molecular weight excluding hydrogens is 354 g/mol. The van der Waals surface area contributed by atoms with Crippen molar-refractivity contribution in [2.45, 2.75) is 6.42 Å². The number of hydrogen-bond donors (Lipinski definition) is 1. The van der Waals surface area contributed by atoms with Crippen LogP contribution in [-0.4, -0.2) is 16.1 Å². The van der Waals surface area contributed by atoms with E-state index in [0.29, 0.717) is 21.3 Å². The minimum atomic E-state index is -0.874. The first kappa shape index (κ1) is 14.0. The van der Waals surface area contributed by atoms with E-state index in [-0.39, 0.29) is 6.42 Å². The molecule has 6 heteroatoms. The van der Waals surface area contributed by atoms with Crippen LogP contribution in [0.5, 0.6) is 0 Å². The van der Waals surface area contributed by atoms with Gasteiger partial charge in [-0.1, -0.05) is 30.3 Å². The van der Waals surface area contributed by atoms with Crippen molar-refractivity contribution in [3.8, 4) is 22.0 Å². The molecule has 0 saturated carbocycles. The van der Waals surface area contributed by atoms with Crippen LogP contribution < -0.4 is 0 Å². The third-order valence-corrected chi connectivity index (χ3v) is 4.55. The molecule has 3 aromatic rings. The maximum atomic E-state index is 11.1. The summed E-state index contributed by atoms with van der Waals surface area (Å²) in [6, 6.07) is 11.3. The van der Waals surface area contributed by atoms with Gasteiger partial charge >= 0.3 is 5.97 Å². The van der Waals surface area contributed by atoms with Gasteiger partial charge in [-0.2, -0.15) is 0 Å². The molecule has 2 aromatic heterocycles. The van der Waals surface area contributed by atoms with Crippen molar-refractivity contribution >= 4 is 33.2 Å². The Morgan fingerprint density at radius 3 is 2.67 bits per heavy atom. The number of rotatable bonds is 4. The van der Waals surface area contributed by atoms with E-state index in [1.54, 1.807) is 12.3 Å². The first-order valence-electron chi connectivity index (χ1n) is 6.15. The van der Waals surface area contributed by atoms with Gasteiger partial charge in [0, 0.05) is 10.4 Å². The summed E-state index contributed by atoms with van der Waals surface area (Å²) in [6.45, 7) is 0. The molecule has 0 aliphatic rings. The third-order valence-electron chi connectivity index (χ3n) is 2.87. The van der Waals surface area contributed by atoms with Crippen LogP contribution in [0.2, 0.25) is 0 Å². The van der Waals surface area contributed by atoms with Gasteiger partial charge in [0.1, 0.15) is 0 Å². The smallest absolute Gasteiger partial charge is 0.308 e. The number of carbonyl (C=O) groups is 1. The average molecular weight is 364 g/mol. The van der Waals surface area contributed by atoms with Crippen LogP contribution in [0.1, 0.15) is 4.88 Å². The Balaban J connectivity index is 2.12. The van der Waals surface area contributed by atoms with Gasteiger partial charge in [0.25, 0.3) is 0 Å². The summed E-state index contributed by atoms with van der Waals surface area (Å²) in [5, 5.41) is 9.75. The van der Waals surface area contributed by atoms with Crippen molar-refractivity contribution in [3.05, 3.63) is 52.0 Å². The second kappa shape index (κ2) is 5.83. The van der Waals surface area contributed by atoms with Crippen molar-refractivity contribution < 1.29 is 14.3 Å². The molecule has 0 radical (unpaired) electrons. The Morgan fingerprint density at radius 1 is 1.29 bits per heavy atom. The summed E-state index contributed by atoms with van der Waals surface area (Å²) in [7, 11) is 0. The Morgan fingerprint density at radius 2 is 2.05 bits per heavy atom. The Kier molecular flexibility index (Phi) is 3.90. The van der Waals surface area contributed by atoms with Crippen LogP contribution in [-0.2, 0) is 11.2 Å². The predicted octanol–water partition coefficient (Wildman–Crippen LogP) is 4.46. The Labute approximate surface area is 133 Å². The first-order valence-corrected chi connectivity index (χ1v) is 7.76. The van der Waals surface area contributed by atoms with E-state index < -0.39 is 5.97 Å². The van der Waals surface area contributed by atoms with Crippen molar-refractivity contribution in [2.75, 3.05) is 0 Å². The highest BCUT2D eigenvalue weighted by Gasteiger charge is 2.19. The van der Waals surface area contributed by atoms with Crippen LogP contribution in [0.15, 0.2) is 51.6 Å². The lowest BCUT2D eigenvalue weighted by molar-refractivity contribution is -0.136. The summed E-state index contributed by atoms with van der Waals surface area (Å²) < 4.78 is 6.22. The van der Waals surface area contributed by atoms with Gasteiger partial charge in [-0.05, 0) is 22.0 Å². The number of carboxylic acids is 1. The fourth-order valence-corrected chi connectivity index (χ4v) is 3.57. The third kappa shape index (κ3) is 2.91. The number of nitrogens with zero attached hydrogens (tertiary/aromatic N) is 1. The molecule has 0 spiro atoms. The molecule has 3 rings (SSSR count). The van der Waals surface area contributed by atoms with E-state index in [0.717, 1.165) is 10.0 Å². The Hall–Kier alpha value is -1.92. The second-order valence-corrected chi connectivity index (χ2v) is 6.26. The summed E-state index contributed by atoms with van der Waals surface area (Å²) in [4.78, 5) is 16.3. The number of benzene rings is 1. The van der Waals surface area contributed by atoms with Crippen LogP contribution in [0.25, 0.3) is 22.0 Å². The Bertz CT molecular complexity index is 779. The number of aromatic nitrogens is 1. The van der Waals surface area contributed by atoms with Crippen molar-refractivity contribution in [1.82, 2.24) is 4.98 Å². The fraction of sp³-hybridized carbons (Fsp3) is 0.0667. The standard InChI is InChI=1S/C15H10BrNO3S/c16-10-6-7-20-14(10)15-17-13(9-4-2-1-3-5-9)11(21-15)8-12(18)19/h1-7H,8H2,(H,18,19). The molecule has 1 aromatic carbocycles. The topological polar surface area (TPSA) is 63.3 Å². The maximum absolute atomic E-state index is 11.1. The lowest BCUT2D eigenvalue weighted by Crippen LogP contribution is -1.99. The normalized spacial score (nSPS) is 10.7. The number of halogens is 1. The van der Waals surface area contributed by atoms with Gasteiger partial charge in [0.05, 0.1) is 22.9 Å². The van der Waals surface area contributed by atoms with Gasteiger partial charge in [0.15, 0.2) is 10.8 Å². The molecule has 106 valence electrons. The molecule has 0 saturated heterocycles. The second-order valence-electron chi connectivity index (χ2n) is 4.33. The molecule has 0 aliphatic heterocycles. The zero-order chi connectivity index (χ0) is 14.8. The molecule has 0 atom stereocenters. The van der Waals surface area contributed by atoms with Crippen LogP contribution in [0.3, 0.4) is 0 Å². The molecule has 4 nitrogen and oxygen atoms in total. The number of furan rings is 1. The summed E-state index contributed by atoms with van der Waals surface area (Å²) in [5.74, 6) is -0.255. The first-order chi connectivity index (χ1) is 10.1. The predicted molar refractivity (Wildman–Crippen MR) is 84.3 cm³/mol. The van der Waals surface area contributed by atoms with Crippen molar-refractivity contribution in [2.24, 2.45) is 0 Å². The van der Waals surface area contributed by atoms with Crippen LogP contribution in [0.4, 0.5) is 0 Å². The van der Waals surface area contributed by atoms with Gasteiger partial charge in [-0.3, -0.25) is 4.79 Å². The van der Waals surface area contributed by atoms with E-state index in [9.17, 15) is 4.79 Å². The van der Waals surface area contributed by atoms with E-state index >= 15 is 0 Å². The number of thiazole rings is 1. The highest BCUT2D eigenvalue weighted by molar-refractivity contribution is 9.10. The molecule has 0 fully saturated rings. The number of carboxylic acid groups (broad SMARTS) is 1. The largest absolute Gasteiger partial charge is 0.481 e. The number of hydrogen-bond acceptors (Lipinski definition) is 4. The van der Waals surface area contributed by atoms with Crippen LogP contribution in [0, 0.1) is 0 Å². The SMILES string of the molecule is O=C(O)Cc1sc(-c2occc2Br)nc1-c1ccccc1. The zero-order valence-corrected chi connectivity index (χ0v) is 13.1. The monoisotopic (exact) mass is 363 g/mol. The average Bonchev–Trinajstić information content (AvgIpc) is 3.05. The molecule has 0 bridgehead atoms. The molecule has 2 heterocycles. The molecule has 0 unspecified atom stereocenters. The van der Waals surface area contributed by atoms with E-state index in [1.165, 1.54) is 11.3 Å². The molecule has 1 N–H and O–H groups in total. The fourth-order valence-electron chi connectivity index (χ4n) is 1.97. The molecule has 21 heavy (non-hydrogen) atoms.